The van der Waals surface area contributed by atoms with Crippen molar-refractivity contribution in [3.05, 3.63) is 31.4 Å². The molecule has 0 aliphatic heterocycles. The number of rotatable bonds is 3. The number of benzene rings is 1. The first-order chi connectivity index (χ1) is 8.18. The van der Waals surface area contributed by atoms with E-state index in [4.69, 9.17) is 4.74 Å². The predicted octanol–water partition coefficient (Wildman–Crippen LogP) is 3.29. The summed E-state index contributed by atoms with van der Waals surface area (Å²) in [5.74, 6) is 0.527. The van der Waals surface area contributed by atoms with Gasteiger partial charge in [-0.15, -0.1) is 0 Å². The van der Waals surface area contributed by atoms with Crippen LogP contribution >= 0.6 is 22.6 Å². The van der Waals surface area contributed by atoms with Gasteiger partial charge in [-0.3, -0.25) is 10.1 Å². The first kappa shape index (κ1) is 15.2. The molecule has 0 aliphatic rings. The van der Waals surface area contributed by atoms with Crippen LogP contribution < -0.4 is 4.74 Å². The summed E-state index contributed by atoms with van der Waals surface area (Å²) in [7, 11) is 1.50. The molecule has 0 aromatic heterocycles. The molecule has 0 amide bonds. The van der Waals surface area contributed by atoms with Crippen LogP contribution in [0, 0.1) is 19.1 Å². The second-order valence-corrected chi connectivity index (χ2v) is 6.23. The molecular formula is C12H16INO4. The number of hydrogen-bond donors (Lipinski definition) is 1. The van der Waals surface area contributed by atoms with E-state index in [0.29, 0.717) is 9.32 Å². The zero-order valence-corrected chi connectivity index (χ0v) is 12.9. The Balaban J connectivity index is 3.44. The number of methoxy groups -OCH3 is 1. The van der Waals surface area contributed by atoms with Gasteiger partial charge >= 0.3 is 0 Å². The monoisotopic (exact) mass is 365 g/mol. The molecule has 0 radical (unpaired) electrons. The zero-order valence-electron chi connectivity index (χ0n) is 10.7. The third-order valence-electron chi connectivity index (χ3n) is 2.61. The molecule has 0 aliphatic carbocycles. The molecule has 0 spiro atoms. The van der Waals surface area contributed by atoms with Crippen molar-refractivity contribution in [3.63, 3.8) is 0 Å². The van der Waals surface area contributed by atoms with Crippen molar-refractivity contribution in [2.45, 2.75) is 26.9 Å². The van der Waals surface area contributed by atoms with Crippen molar-refractivity contribution in [2.75, 3.05) is 7.11 Å². The summed E-state index contributed by atoms with van der Waals surface area (Å²) < 4.78 is 5.79. The Morgan fingerprint density at radius 3 is 2.39 bits per heavy atom. The molecule has 0 unspecified atom stereocenters. The minimum absolute atomic E-state index is 0.0809. The molecule has 0 heterocycles. The standard InChI is InChI=1S/C12H16INO4/c1-12(2,3)11(15)7-5-10(18-4)8(13)6-9(7)14(16)17/h5-6,11,15H,1-4H3/t11-/m0/s1. The smallest absolute Gasteiger partial charge is 0.276 e. The molecule has 1 N–H and O–H groups in total. The highest BCUT2D eigenvalue weighted by molar-refractivity contribution is 14.1. The predicted molar refractivity (Wildman–Crippen MR) is 76.8 cm³/mol. The van der Waals surface area contributed by atoms with Crippen LogP contribution in [0.25, 0.3) is 0 Å². The Labute approximate surface area is 119 Å². The lowest BCUT2D eigenvalue weighted by atomic mass is 9.84. The van der Waals surface area contributed by atoms with Gasteiger partial charge in [0.1, 0.15) is 5.75 Å². The average molecular weight is 365 g/mol. The number of aliphatic hydroxyl groups excluding tert-OH is 1. The fraction of sp³-hybridized carbons (Fsp3) is 0.500. The highest BCUT2D eigenvalue weighted by Gasteiger charge is 2.31. The summed E-state index contributed by atoms with van der Waals surface area (Å²) in [4.78, 5) is 10.6. The van der Waals surface area contributed by atoms with Crippen LogP contribution in [0.5, 0.6) is 5.75 Å². The van der Waals surface area contributed by atoms with Gasteiger partial charge in [0.2, 0.25) is 0 Å². The van der Waals surface area contributed by atoms with Crippen LogP contribution in [0.3, 0.4) is 0 Å². The summed E-state index contributed by atoms with van der Waals surface area (Å²) in [6.07, 6.45) is -0.927. The topological polar surface area (TPSA) is 72.6 Å². The Kier molecular flexibility index (Phi) is 4.55. The van der Waals surface area contributed by atoms with Crippen molar-refractivity contribution in [3.8, 4) is 5.75 Å². The van der Waals surface area contributed by atoms with Crippen molar-refractivity contribution >= 4 is 28.3 Å². The van der Waals surface area contributed by atoms with Gasteiger partial charge < -0.3 is 9.84 Å². The van der Waals surface area contributed by atoms with E-state index >= 15 is 0 Å². The number of hydrogen-bond acceptors (Lipinski definition) is 4. The number of nitro benzene ring substituents is 1. The first-order valence-electron chi connectivity index (χ1n) is 5.38. The van der Waals surface area contributed by atoms with Gasteiger partial charge in [-0.1, -0.05) is 20.8 Å². The maximum Gasteiger partial charge on any atom is 0.276 e. The fourth-order valence-corrected chi connectivity index (χ4v) is 2.23. The summed E-state index contributed by atoms with van der Waals surface area (Å²) in [6, 6.07) is 2.96. The van der Waals surface area contributed by atoms with E-state index in [2.05, 4.69) is 0 Å². The fourth-order valence-electron chi connectivity index (χ4n) is 1.56. The summed E-state index contributed by atoms with van der Waals surface area (Å²) >= 11 is 1.97. The van der Waals surface area contributed by atoms with Crippen molar-refractivity contribution < 1.29 is 14.8 Å². The Morgan fingerprint density at radius 2 is 2.00 bits per heavy atom. The molecule has 6 heteroatoms. The largest absolute Gasteiger partial charge is 0.496 e. The third-order valence-corrected chi connectivity index (χ3v) is 3.46. The number of nitro groups is 1. The maximum atomic E-state index is 11.1. The lowest BCUT2D eigenvalue weighted by Gasteiger charge is -2.26. The Bertz CT molecular complexity index is 468. The molecule has 100 valence electrons. The molecule has 5 nitrogen and oxygen atoms in total. The minimum Gasteiger partial charge on any atom is -0.496 e. The first-order valence-corrected chi connectivity index (χ1v) is 6.46. The highest BCUT2D eigenvalue weighted by Crippen LogP contribution is 2.40. The van der Waals surface area contributed by atoms with E-state index in [1.54, 1.807) is 0 Å². The second-order valence-electron chi connectivity index (χ2n) is 5.07. The van der Waals surface area contributed by atoms with Gasteiger partial charge in [-0.05, 0) is 34.1 Å². The molecule has 1 atom stereocenters. The minimum atomic E-state index is -0.927. The number of aliphatic hydroxyl groups is 1. The van der Waals surface area contributed by atoms with E-state index in [1.165, 1.54) is 19.2 Å². The van der Waals surface area contributed by atoms with Gasteiger partial charge in [0.15, 0.2) is 0 Å². The maximum absolute atomic E-state index is 11.1. The molecular weight excluding hydrogens is 349 g/mol. The molecule has 1 aromatic rings. The van der Waals surface area contributed by atoms with Crippen LogP contribution in [0.1, 0.15) is 32.4 Å². The van der Waals surface area contributed by atoms with Gasteiger partial charge in [0, 0.05) is 6.07 Å². The highest BCUT2D eigenvalue weighted by atomic mass is 127. The molecule has 0 bridgehead atoms. The third kappa shape index (κ3) is 3.11. The molecule has 0 fully saturated rings. The Morgan fingerprint density at radius 1 is 1.44 bits per heavy atom. The number of halogens is 1. The molecule has 18 heavy (non-hydrogen) atoms. The van der Waals surface area contributed by atoms with Crippen LogP contribution in [0.4, 0.5) is 5.69 Å². The lowest BCUT2D eigenvalue weighted by molar-refractivity contribution is -0.386. The van der Waals surface area contributed by atoms with Crippen molar-refractivity contribution in [2.24, 2.45) is 5.41 Å². The summed E-state index contributed by atoms with van der Waals surface area (Å²) in [5, 5.41) is 21.3. The van der Waals surface area contributed by atoms with Crippen LogP contribution in [0.15, 0.2) is 12.1 Å². The average Bonchev–Trinajstić information content (AvgIpc) is 2.26. The molecule has 1 rings (SSSR count). The molecule has 0 saturated heterocycles. The van der Waals surface area contributed by atoms with Gasteiger partial charge in [0.25, 0.3) is 5.69 Å². The van der Waals surface area contributed by atoms with E-state index in [-0.39, 0.29) is 11.3 Å². The quantitative estimate of drug-likeness (QED) is 0.507. The summed E-state index contributed by atoms with van der Waals surface area (Å²) in [5.41, 5.74) is -0.282. The normalized spacial score (nSPS) is 13.2. The van der Waals surface area contributed by atoms with Crippen molar-refractivity contribution in [1.82, 2.24) is 0 Å². The van der Waals surface area contributed by atoms with Gasteiger partial charge in [-0.2, -0.15) is 0 Å². The SMILES string of the molecule is COc1cc([C@H](O)C(C)(C)C)c([N+](=O)[O-])cc1I. The number of nitrogens with zero attached hydrogens (tertiary/aromatic N) is 1. The number of ether oxygens (including phenoxy) is 1. The summed E-state index contributed by atoms with van der Waals surface area (Å²) in [6.45, 7) is 5.48. The van der Waals surface area contributed by atoms with E-state index in [0.717, 1.165) is 0 Å². The van der Waals surface area contributed by atoms with Crippen LogP contribution in [-0.4, -0.2) is 17.1 Å². The van der Waals surface area contributed by atoms with E-state index in [9.17, 15) is 15.2 Å². The molecule has 0 saturated carbocycles. The van der Waals surface area contributed by atoms with Crippen molar-refractivity contribution in [1.29, 1.82) is 0 Å². The van der Waals surface area contributed by atoms with Gasteiger partial charge in [-0.25, -0.2) is 0 Å². The zero-order chi connectivity index (χ0) is 14.1. The second kappa shape index (κ2) is 5.40. The molecule has 1 aromatic carbocycles. The van der Waals surface area contributed by atoms with Crippen LogP contribution in [0.2, 0.25) is 0 Å². The van der Waals surface area contributed by atoms with Crippen LogP contribution in [-0.2, 0) is 0 Å². The van der Waals surface area contributed by atoms with E-state index < -0.39 is 16.4 Å². The Hall–Kier alpha value is -0.890. The van der Waals surface area contributed by atoms with Gasteiger partial charge in [0.05, 0.1) is 27.3 Å². The van der Waals surface area contributed by atoms with E-state index in [1.807, 2.05) is 43.4 Å². The lowest BCUT2D eigenvalue weighted by Crippen LogP contribution is -2.19.